The zero-order valence-electron chi connectivity index (χ0n) is 21.3. The van der Waals surface area contributed by atoms with Crippen LogP contribution in [0.25, 0.3) is 11.0 Å². The van der Waals surface area contributed by atoms with Crippen molar-refractivity contribution < 1.29 is 19.5 Å². The van der Waals surface area contributed by atoms with E-state index in [1.807, 2.05) is 54.3 Å². The Balaban J connectivity index is 1.38. The van der Waals surface area contributed by atoms with Gasteiger partial charge in [0.2, 0.25) is 17.7 Å². The summed E-state index contributed by atoms with van der Waals surface area (Å²) in [4.78, 5) is 47.4. The van der Waals surface area contributed by atoms with Gasteiger partial charge in [-0.15, -0.1) is 16.9 Å². The molecule has 2 saturated heterocycles. The third-order valence-corrected chi connectivity index (χ3v) is 9.85. The van der Waals surface area contributed by atoms with Crippen molar-refractivity contribution in [3.8, 4) is 0 Å². The molecule has 4 aliphatic rings. The van der Waals surface area contributed by atoms with Gasteiger partial charge in [-0.2, -0.15) is 0 Å². The minimum absolute atomic E-state index is 0.0108. The monoisotopic (exact) mass is 536 g/mol. The average molecular weight is 537 g/mol. The van der Waals surface area contributed by atoms with Gasteiger partial charge in [-0.1, -0.05) is 48.6 Å². The van der Waals surface area contributed by atoms with Gasteiger partial charge in [-0.05, 0) is 25.0 Å². The molecule has 10 nitrogen and oxygen atoms in total. The number of thioether (sulfide) groups is 1. The summed E-state index contributed by atoms with van der Waals surface area (Å²) in [6.07, 6.45) is 9.26. The van der Waals surface area contributed by atoms with Crippen LogP contribution in [0.1, 0.15) is 19.8 Å². The Hall–Kier alpha value is -3.18. The molecule has 0 saturated carbocycles. The molecule has 2 fully saturated rings. The summed E-state index contributed by atoms with van der Waals surface area (Å²) in [5.41, 5.74) is 1.57. The van der Waals surface area contributed by atoms with E-state index in [2.05, 4.69) is 16.4 Å². The number of hydrogen-bond acceptors (Lipinski definition) is 7. The first-order chi connectivity index (χ1) is 18.5. The molecule has 1 unspecified atom stereocenters. The van der Waals surface area contributed by atoms with Gasteiger partial charge in [0.25, 0.3) is 0 Å². The summed E-state index contributed by atoms with van der Waals surface area (Å²) < 4.78 is 0.847. The van der Waals surface area contributed by atoms with Gasteiger partial charge in [0.15, 0.2) is 0 Å². The number of carbonyl (C=O) groups excluding carboxylic acids is 3. The van der Waals surface area contributed by atoms with E-state index in [1.165, 1.54) is 0 Å². The Bertz CT molecular complexity index is 1330. The van der Waals surface area contributed by atoms with E-state index >= 15 is 0 Å². The first kappa shape index (κ1) is 25.1. The Labute approximate surface area is 225 Å². The summed E-state index contributed by atoms with van der Waals surface area (Å²) in [6, 6.07) is 6.82. The minimum Gasteiger partial charge on any atom is -0.396 e. The number of carbonyl (C=O) groups is 3. The second kappa shape index (κ2) is 9.85. The van der Waals surface area contributed by atoms with Crippen LogP contribution in [0.15, 0.2) is 48.6 Å². The number of rotatable bonds is 7. The van der Waals surface area contributed by atoms with Crippen LogP contribution in [-0.4, -0.2) is 101 Å². The van der Waals surface area contributed by atoms with Crippen molar-refractivity contribution >= 4 is 40.5 Å². The van der Waals surface area contributed by atoms with Crippen molar-refractivity contribution in [2.24, 2.45) is 11.8 Å². The van der Waals surface area contributed by atoms with Gasteiger partial charge in [0.1, 0.15) is 18.2 Å². The van der Waals surface area contributed by atoms with Gasteiger partial charge in [-0.25, -0.2) is 4.68 Å². The Morgan fingerprint density at radius 2 is 1.87 bits per heavy atom. The van der Waals surface area contributed by atoms with Crippen molar-refractivity contribution in [1.29, 1.82) is 0 Å². The molecule has 4 aliphatic heterocycles. The van der Waals surface area contributed by atoms with Crippen LogP contribution in [0.3, 0.4) is 0 Å². The quantitative estimate of drug-likeness (QED) is 0.531. The maximum Gasteiger partial charge on any atom is 0.248 e. The number of aliphatic hydroxyl groups is 1. The molecule has 1 spiro atoms. The minimum atomic E-state index is -0.854. The number of para-hydroxylation sites is 1. The van der Waals surface area contributed by atoms with Crippen molar-refractivity contribution in [1.82, 2.24) is 29.7 Å². The number of aliphatic hydroxyl groups excluding tert-OH is 1. The molecule has 1 aromatic carbocycles. The average Bonchev–Trinajstić information content (AvgIpc) is 3.47. The molecule has 0 aliphatic carbocycles. The molecule has 0 bridgehead atoms. The molecule has 11 heteroatoms. The molecular weight excluding hydrogens is 504 g/mol. The summed E-state index contributed by atoms with van der Waals surface area (Å²) in [5.74, 6) is -1.52. The molecule has 2 aromatic rings. The fourth-order valence-electron chi connectivity index (χ4n) is 6.50. The molecule has 1 aromatic heterocycles. The van der Waals surface area contributed by atoms with E-state index in [0.717, 1.165) is 17.5 Å². The second-order valence-corrected chi connectivity index (χ2v) is 11.8. The highest BCUT2D eigenvalue weighted by Crippen LogP contribution is 2.61. The highest BCUT2D eigenvalue weighted by atomic mass is 32.2. The number of likely N-dealkylation sites (tertiary alicyclic amines) is 1. The Morgan fingerprint density at radius 1 is 1.05 bits per heavy atom. The van der Waals surface area contributed by atoms with E-state index < -0.39 is 22.6 Å². The largest absolute Gasteiger partial charge is 0.396 e. The van der Waals surface area contributed by atoms with Crippen LogP contribution in [0.4, 0.5) is 0 Å². The zero-order chi connectivity index (χ0) is 26.4. The molecule has 38 heavy (non-hydrogen) atoms. The summed E-state index contributed by atoms with van der Waals surface area (Å²) >= 11 is 1.58. The van der Waals surface area contributed by atoms with Gasteiger partial charge in [-0.3, -0.25) is 14.4 Å². The van der Waals surface area contributed by atoms with E-state index in [0.29, 0.717) is 26.1 Å². The number of hydrogen-bond donors (Lipinski definition) is 1. The summed E-state index contributed by atoms with van der Waals surface area (Å²) in [7, 11) is 0. The van der Waals surface area contributed by atoms with Crippen LogP contribution in [0, 0.1) is 11.8 Å². The zero-order valence-corrected chi connectivity index (χ0v) is 22.2. The van der Waals surface area contributed by atoms with Gasteiger partial charge >= 0.3 is 0 Å². The molecular formula is C27H32N6O4S. The Morgan fingerprint density at radius 3 is 2.68 bits per heavy atom. The summed E-state index contributed by atoms with van der Waals surface area (Å²) in [5, 5.41) is 17.9. The lowest BCUT2D eigenvalue weighted by atomic mass is 9.78. The van der Waals surface area contributed by atoms with Gasteiger partial charge in [0.05, 0.1) is 22.1 Å². The number of aromatic nitrogens is 3. The maximum atomic E-state index is 14.3. The van der Waals surface area contributed by atoms with Crippen molar-refractivity contribution in [3.05, 3.63) is 48.6 Å². The van der Waals surface area contributed by atoms with Crippen molar-refractivity contribution in [3.63, 3.8) is 0 Å². The number of fused-ring (bicyclic) bond motifs is 3. The van der Waals surface area contributed by atoms with Crippen LogP contribution in [0.5, 0.6) is 0 Å². The first-order valence-corrected chi connectivity index (χ1v) is 14.2. The maximum absolute atomic E-state index is 14.3. The smallest absolute Gasteiger partial charge is 0.248 e. The van der Waals surface area contributed by atoms with E-state index in [1.54, 1.807) is 26.2 Å². The topological polar surface area (TPSA) is 112 Å². The molecule has 3 amide bonds. The van der Waals surface area contributed by atoms with Crippen molar-refractivity contribution in [2.75, 3.05) is 32.8 Å². The molecule has 1 N–H and O–H groups in total. The predicted octanol–water partition coefficient (Wildman–Crippen LogP) is 1.28. The molecule has 0 radical (unpaired) electrons. The SMILES string of the molecule is CCCN1CC=C[C@@H]2S[C@]34C=CCN(Cn5nnc6ccccc65)C(=O)C3N(CCCO)C(=O)[C@@H]4[C@@H]2C1=O. The fraction of sp³-hybridized carbons (Fsp3) is 0.519. The van der Waals surface area contributed by atoms with E-state index in [-0.39, 0.29) is 42.8 Å². The molecule has 200 valence electrons. The highest BCUT2D eigenvalue weighted by Gasteiger charge is 2.70. The first-order valence-electron chi connectivity index (χ1n) is 13.3. The van der Waals surface area contributed by atoms with Crippen LogP contribution in [0.2, 0.25) is 0 Å². The number of amides is 3. The van der Waals surface area contributed by atoms with Crippen LogP contribution >= 0.6 is 11.8 Å². The lowest BCUT2D eigenvalue weighted by Gasteiger charge is -2.35. The number of benzene rings is 1. The summed E-state index contributed by atoms with van der Waals surface area (Å²) in [6.45, 7) is 3.95. The normalized spacial score (nSPS) is 30.6. The Kier molecular flexibility index (Phi) is 6.51. The lowest BCUT2D eigenvalue weighted by molar-refractivity contribution is -0.145. The predicted molar refractivity (Wildman–Crippen MR) is 143 cm³/mol. The standard InChI is InChI=1S/C27H32N6O4S/c1-2-12-30-13-5-10-20-21(24(30)35)22-25(36)32(15-7-16-34)23-26(37)31(14-6-11-27(22,23)38-20)17-33-19-9-4-3-8-18(19)28-29-33/h3-6,8-11,20-23,34H,2,7,12-17H2,1H3/t20-,21+,22-,23?,27-/m0/s1. The van der Waals surface area contributed by atoms with Crippen LogP contribution in [-0.2, 0) is 21.1 Å². The number of nitrogens with zero attached hydrogens (tertiary/aromatic N) is 6. The van der Waals surface area contributed by atoms with Crippen molar-refractivity contribution in [2.45, 2.75) is 42.5 Å². The van der Waals surface area contributed by atoms with E-state index in [9.17, 15) is 19.5 Å². The molecule has 5 heterocycles. The lowest BCUT2D eigenvalue weighted by Crippen LogP contribution is -2.53. The third-order valence-electron chi connectivity index (χ3n) is 8.10. The van der Waals surface area contributed by atoms with E-state index in [4.69, 9.17) is 0 Å². The second-order valence-electron chi connectivity index (χ2n) is 10.3. The van der Waals surface area contributed by atoms with Gasteiger partial charge < -0.3 is 19.8 Å². The highest BCUT2D eigenvalue weighted by molar-refractivity contribution is 8.02. The van der Waals surface area contributed by atoms with Crippen LogP contribution < -0.4 is 0 Å². The molecule has 5 atom stereocenters. The molecule has 6 rings (SSSR count). The fourth-order valence-corrected chi connectivity index (χ4v) is 8.51. The van der Waals surface area contributed by atoms with Gasteiger partial charge in [0, 0.05) is 38.0 Å². The third kappa shape index (κ3) is 3.78.